The molecule has 0 radical (unpaired) electrons. The van der Waals surface area contributed by atoms with E-state index in [1.165, 1.54) is 36.1 Å². The van der Waals surface area contributed by atoms with Gasteiger partial charge in [0.1, 0.15) is 6.29 Å². The molecule has 0 aromatic heterocycles. The lowest BCUT2D eigenvalue weighted by Gasteiger charge is -2.15. The molecule has 0 atom stereocenters. The van der Waals surface area contributed by atoms with E-state index in [1.54, 1.807) is 0 Å². The van der Waals surface area contributed by atoms with E-state index in [-0.39, 0.29) is 6.29 Å². The molecule has 15 heavy (non-hydrogen) atoms. The number of anilines is 1. The average molecular weight is 203 g/mol. The molecule has 1 aromatic carbocycles. The Morgan fingerprint density at radius 1 is 1.07 bits per heavy atom. The van der Waals surface area contributed by atoms with Crippen molar-refractivity contribution in [1.82, 2.24) is 10.6 Å². The Labute approximate surface area is 90.3 Å². The monoisotopic (exact) mass is 203 g/mol. The smallest absolute Gasteiger partial charge is 0.132 e. The van der Waals surface area contributed by atoms with E-state index >= 15 is 0 Å². The summed E-state index contributed by atoms with van der Waals surface area (Å²) < 4.78 is 0. The Hall–Kier alpha value is -1.06. The van der Waals surface area contributed by atoms with Gasteiger partial charge in [-0.25, -0.2) is 0 Å². The third-order valence-corrected chi connectivity index (χ3v) is 3.23. The molecule has 0 amide bonds. The zero-order valence-electron chi connectivity index (χ0n) is 8.84. The fourth-order valence-electron chi connectivity index (χ4n) is 2.44. The molecule has 0 saturated carbocycles. The zero-order chi connectivity index (χ0) is 10.1. The maximum atomic E-state index is 3.45. The maximum Gasteiger partial charge on any atom is 0.132 e. The minimum atomic E-state index is 0.240. The lowest BCUT2D eigenvalue weighted by Crippen LogP contribution is -2.38. The molecule has 3 N–H and O–H groups in total. The van der Waals surface area contributed by atoms with Crippen molar-refractivity contribution in [2.24, 2.45) is 0 Å². The van der Waals surface area contributed by atoms with Crippen LogP contribution in [0.15, 0.2) is 18.2 Å². The van der Waals surface area contributed by atoms with Crippen molar-refractivity contribution in [3.05, 3.63) is 29.3 Å². The third-order valence-electron chi connectivity index (χ3n) is 3.23. The molecule has 1 fully saturated rings. The van der Waals surface area contributed by atoms with Crippen molar-refractivity contribution in [3.8, 4) is 0 Å². The Morgan fingerprint density at radius 3 is 2.73 bits per heavy atom. The van der Waals surface area contributed by atoms with Gasteiger partial charge in [0.25, 0.3) is 0 Å². The van der Waals surface area contributed by atoms with Crippen molar-refractivity contribution >= 4 is 5.69 Å². The fourth-order valence-corrected chi connectivity index (χ4v) is 2.44. The topological polar surface area (TPSA) is 36.1 Å². The molecule has 1 aliphatic carbocycles. The second kappa shape index (κ2) is 3.83. The highest BCUT2D eigenvalue weighted by molar-refractivity contribution is 5.50. The van der Waals surface area contributed by atoms with Gasteiger partial charge in [0.15, 0.2) is 0 Å². The van der Waals surface area contributed by atoms with Crippen LogP contribution in [-0.2, 0) is 12.8 Å². The van der Waals surface area contributed by atoms with Crippen molar-refractivity contribution < 1.29 is 0 Å². The predicted octanol–water partition coefficient (Wildman–Crippen LogP) is 1.06. The van der Waals surface area contributed by atoms with Crippen molar-refractivity contribution in [2.45, 2.75) is 25.6 Å². The van der Waals surface area contributed by atoms with Gasteiger partial charge >= 0.3 is 0 Å². The van der Waals surface area contributed by atoms with Crippen LogP contribution < -0.4 is 16.0 Å². The van der Waals surface area contributed by atoms with Crippen LogP contribution in [0.3, 0.4) is 0 Å². The van der Waals surface area contributed by atoms with Crippen LogP contribution in [-0.4, -0.2) is 19.4 Å². The quantitative estimate of drug-likeness (QED) is 0.673. The normalized spacial score (nSPS) is 20.5. The highest BCUT2D eigenvalue weighted by atomic mass is 15.3. The molecule has 3 nitrogen and oxygen atoms in total. The highest BCUT2D eigenvalue weighted by Crippen LogP contribution is 2.24. The van der Waals surface area contributed by atoms with Crippen molar-refractivity contribution in [3.63, 3.8) is 0 Å². The molecular formula is C12H17N3. The van der Waals surface area contributed by atoms with Gasteiger partial charge in [-0.1, -0.05) is 6.07 Å². The van der Waals surface area contributed by atoms with Crippen LogP contribution in [0.5, 0.6) is 0 Å². The molecule has 3 heteroatoms. The van der Waals surface area contributed by atoms with E-state index < -0.39 is 0 Å². The van der Waals surface area contributed by atoms with Crippen LogP contribution in [0.25, 0.3) is 0 Å². The van der Waals surface area contributed by atoms with Gasteiger partial charge < -0.3 is 5.32 Å². The number of fused-ring (bicyclic) bond motifs is 1. The first-order valence-corrected chi connectivity index (χ1v) is 5.77. The first-order chi connectivity index (χ1) is 7.42. The van der Waals surface area contributed by atoms with Gasteiger partial charge in [0.05, 0.1) is 0 Å². The first kappa shape index (κ1) is 9.19. The Kier molecular flexibility index (Phi) is 2.35. The largest absolute Gasteiger partial charge is 0.358 e. The molecule has 1 heterocycles. The standard InChI is InChI=1S/C12H17N3/c1-2-9-4-5-11(8-10(9)3-1)15-12-13-6-7-14-12/h4-5,8,12-15H,1-3,6-7H2. The number of aryl methyl sites for hydroxylation is 2. The van der Waals surface area contributed by atoms with Crippen molar-refractivity contribution in [2.75, 3.05) is 18.4 Å². The van der Waals surface area contributed by atoms with Crippen LogP contribution in [0.4, 0.5) is 5.69 Å². The van der Waals surface area contributed by atoms with E-state index in [0.717, 1.165) is 13.1 Å². The molecule has 0 spiro atoms. The third kappa shape index (κ3) is 1.85. The first-order valence-electron chi connectivity index (χ1n) is 5.77. The van der Waals surface area contributed by atoms with E-state index in [4.69, 9.17) is 0 Å². The molecule has 1 aliphatic heterocycles. The van der Waals surface area contributed by atoms with Gasteiger partial charge in [-0.2, -0.15) is 0 Å². The Balaban J connectivity index is 1.75. The maximum absolute atomic E-state index is 3.45. The number of hydrogen-bond donors (Lipinski definition) is 3. The summed E-state index contributed by atoms with van der Waals surface area (Å²) in [6.07, 6.45) is 4.06. The zero-order valence-corrected chi connectivity index (χ0v) is 8.84. The highest BCUT2D eigenvalue weighted by Gasteiger charge is 2.14. The fraction of sp³-hybridized carbons (Fsp3) is 0.500. The van der Waals surface area contributed by atoms with E-state index in [2.05, 4.69) is 34.1 Å². The molecule has 1 aromatic rings. The minimum absolute atomic E-state index is 0.240. The van der Waals surface area contributed by atoms with Gasteiger partial charge in [-0.15, -0.1) is 0 Å². The number of hydrogen-bond acceptors (Lipinski definition) is 3. The summed E-state index contributed by atoms with van der Waals surface area (Å²) in [7, 11) is 0. The minimum Gasteiger partial charge on any atom is -0.358 e. The van der Waals surface area contributed by atoms with E-state index in [9.17, 15) is 0 Å². The van der Waals surface area contributed by atoms with Crippen LogP contribution >= 0.6 is 0 Å². The number of benzene rings is 1. The second-order valence-electron chi connectivity index (χ2n) is 4.32. The van der Waals surface area contributed by atoms with E-state index in [1.807, 2.05) is 0 Å². The van der Waals surface area contributed by atoms with Crippen molar-refractivity contribution in [1.29, 1.82) is 0 Å². The van der Waals surface area contributed by atoms with Crippen LogP contribution in [0.1, 0.15) is 17.5 Å². The lowest BCUT2D eigenvalue weighted by molar-refractivity contribution is 0.620. The Bertz CT molecular complexity index is 356. The van der Waals surface area contributed by atoms with E-state index in [0.29, 0.717) is 0 Å². The summed E-state index contributed by atoms with van der Waals surface area (Å²) in [4.78, 5) is 0. The molecule has 3 rings (SSSR count). The average Bonchev–Trinajstić information content (AvgIpc) is 2.87. The predicted molar refractivity (Wildman–Crippen MR) is 61.9 cm³/mol. The molecular weight excluding hydrogens is 186 g/mol. The van der Waals surface area contributed by atoms with Gasteiger partial charge in [-0.3, -0.25) is 10.6 Å². The summed E-state index contributed by atoms with van der Waals surface area (Å²) in [5.74, 6) is 0. The molecule has 2 aliphatic rings. The number of rotatable bonds is 2. The van der Waals surface area contributed by atoms with Gasteiger partial charge in [0.2, 0.25) is 0 Å². The second-order valence-corrected chi connectivity index (χ2v) is 4.32. The summed E-state index contributed by atoms with van der Waals surface area (Å²) in [5.41, 5.74) is 4.29. The van der Waals surface area contributed by atoms with Gasteiger partial charge in [-0.05, 0) is 42.5 Å². The summed E-state index contributed by atoms with van der Waals surface area (Å²) >= 11 is 0. The summed E-state index contributed by atoms with van der Waals surface area (Å²) in [6.45, 7) is 2.09. The molecule has 0 unspecified atom stereocenters. The number of nitrogens with one attached hydrogen (secondary N) is 3. The lowest BCUT2D eigenvalue weighted by atomic mass is 10.1. The molecule has 80 valence electrons. The van der Waals surface area contributed by atoms with Gasteiger partial charge in [0, 0.05) is 18.8 Å². The van der Waals surface area contributed by atoms with Crippen LogP contribution in [0.2, 0.25) is 0 Å². The Morgan fingerprint density at radius 2 is 1.87 bits per heavy atom. The summed E-state index contributed by atoms with van der Waals surface area (Å²) in [6, 6.07) is 6.75. The molecule has 1 saturated heterocycles. The van der Waals surface area contributed by atoms with Crippen LogP contribution in [0, 0.1) is 0 Å². The SMILES string of the molecule is c1cc2c(cc1NC1NCCN1)CCC2. The summed E-state index contributed by atoms with van der Waals surface area (Å²) in [5, 5.41) is 10.1. The molecule has 0 bridgehead atoms.